The van der Waals surface area contributed by atoms with E-state index in [4.69, 9.17) is 16.3 Å². The minimum atomic E-state index is -0.244. The van der Waals surface area contributed by atoms with Gasteiger partial charge in [-0.05, 0) is 54.6 Å². The van der Waals surface area contributed by atoms with Crippen molar-refractivity contribution in [1.82, 2.24) is 15.2 Å². The molecule has 0 radical (unpaired) electrons. The van der Waals surface area contributed by atoms with E-state index in [1.165, 1.54) is 17.0 Å². The molecule has 0 aliphatic carbocycles. The molecule has 2 aliphatic heterocycles. The number of piperidine rings is 1. The van der Waals surface area contributed by atoms with Crippen LogP contribution in [0.4, 0.5) is 5.69 Å². The molecule has 1 fully saturated rings. The second-order valence-corrected chi connectivity index (χ2v) is 10.2. The maximum absolute atomic E-state index is 13.4. The summed E-state index contributed by atoms with van der Waals surface area (Å²) in [6, 6.07) is 11.2. The van der Waals surface area contributed by atoms with Gasteiger partial charge in [0.1, 0.15) is 10.6 Å². The summed E-state index contributed by atoms with van der Waals surface area (Å²) in [6.45, 7) is 2.28. The Labute approximate surface area is 213 Å². The summed E-state index contributed by atoms with van der Waals surface area (Å²) in [4.78, 5) is 34.9. The van der Waals surface area contributed by atoms with E-state index in [0.717, 1.165) is 31.5 Å². The number of rotatable bonds is 5. The molecule has 4 heterocycles. The van der Waals surface area contributed by atoms with E-state index in [1.54, 1.807) is 11.4 Å². The summed E-state index contributed by atoms with van der Waals surface area (Å²) in [6.07, 6.45) is 6.05. The number of carbonyl (C=O) groups is 2. The molecule has 2 amide bonds. The number of anilines is 1. The summed E-state index contributed by atoms with van der Waals surface area (Å²) >= 11 is 7.45. The Bertz CT molecular complexity index is 1210. The Kier molecular flexibility index (Phi) is 6.92. The number of benzene rings is 1. The Morgan fingerprint density at radius 3 is 2.63 bits per heavy atom. The zero-order valence-electron chi connectivity index (χ0n) is 19.4. The van der Waals surface area contributed by atoms with Crippen LogP contribution in [0.1, 0.15) is 50.9 Å². The Hall–Kier alpha value is -3.10. The molecule has 182 valence electrons. The number of amides is 2. The van der Waals surface area contributed by atoms with Crippen LogP contribution in [0, 0.1) is 0 Å². The van der Waals surface area contributed by atoms with Crippen LogP contribution in [-0.4, -0.2) is 54.5 Å². The average Bonchev–Trinajstić information content (AvgIpc) is 3.34. The molecule has 3 aromatic rings. The van der Waals surface area contributed by atoms with Crippen molar-refractivity contribution in [3.05, 3.63) is 75.2 Å². The van der Waals surface area contributed by atoms with Gasteiger partial charge in [-0.1, -0.05) is 11.6 Å². The smallest absolute Gasteiger partial charge is 0.263 e. The predicted octanol–water partition coefficient (Wildman–Crippen LogP) is 4.79. The van der Waals surface area contributed by atoms with Crippen molar-refractivity contribution in [2.45, 2.75) is 31.3 Å². The molecule has 35 heavy (non-hydrogen) atoms. The first-order chi connectivity index (χ1) is 17.0. The summed E-state index contributed by atoms with van der Waals surface area (Å²) in [5.74, 6) is 0.466. The van der Waals surface area contributed by atoms with Crippen LogP contribution >= 0.6 is 22.9 Å². The molecule has 7 nitrogen and oxygen atoms in total. The standard InChI is InChI=1S/C26H27ClN4O3S/c1-30(18-6-12-31(13-7-18)19-4-10-28-11-5-19)26(33)17-2-3-23-20(16-17)22(8-14-34-23)29-25(32)24-21(27)9-15-35-24/h2-5,9-11,15-16,18,22H,6-8,12-14H2,1H3,(H,29,32). The first-order valence-electron chi connectivity index (χ1n) is 11.7. The Morgan fingerprint density at radius 1 is 1.14 bits per heavy atom. The quantitative estimate of drug-likeness (QED) is 0.534. The van der Waals surface area contributed by atoms with Gasteiger partial charge in [0.15, 0.2) is 0 Å². The number of hydrogen-bond acceptors (Lipinski definition) is 6. The second-order valence-electron chi connectivity index (χ2n) is 8.85. The van der Waals surface area contributed by atoms with E-state index < -0.39 is 0 Å². The molecular formula is C26H27ClN4O3S. The number of fused-ring (bicyclic) bond motifs is 1. The number of aromatic nitrogens is 1. The van der Waals surface area contributed by atoms with E-state index in [9.17, 15) is 9.59 Å². The van der Waals surface area contributed by atoms with E-state index in [1.807, 2.05) is 54.7 Å². The van der Waals surface area contributed by atoms with Crippen molar-refractivity contribution >= 4 is 40.4 Å². The van der Waals surface area contributed by atoms with Gasteiger partial charge in [0, 0.05) is 61.8 Å². The lowest BCUT2D eigenvalue weighted by molar-refractivity contribution is 0.0709. The van der Waals surface area contributed by atoms with Gasteiger partial charge >= 0.3 is 0 Å². The molecule has 0 bridgehead atoms. The topological polar surface area (TPSA) is 74.8 Å². The highest BCUT2D eigenvalue weighted by atomic mass is 35.5. The fraction of sp³-hybridized carbons (Fsp3) is 0.346. The molecule has 2 aliphatic rings. The van der Waals surface area contributed by atoms with Crippen LogP contribution in [-0.2, 0) is 0 Å². The molecule has 1 saturated heterocycles. The van der Waals surface area contributed by atoms with Crippen LogP contribution in [0.2, 0.25) is 5.02 Å². The molecule has 0 spiro atoms. The van der Waals surface area contributed by atoms with Crippen LogP contribution < -0.4 is 15.0 Å². The lowest BCUT2D eigenvalue weighted by Crippen LogP contribution is -2.45. The lowest BCUT2D eigenvalue weighted by Gasteiger charge is -2.38. The third-order valence-electron chi connectivity index (χ3n) is 6.79. The third kappa shape index (κ3) is 4.99. The minimum Gasteiger partial charge on any atom is -0.493 e. The summed E-state index contributed by atoms with van der Waals surface area (Å²) in [5.41, 5.74) is 2.59. The van der Waals surface area contributed by atoms with E-state index in [2.05, 4.69) is 15.2 Å². The molecule has 1 unspecified atom stereocenters. The molecule has 1 atom stereocenters. The number of thiophene rings is 1. The molecule has 1 aromatic carbocycles. The summed E-state index contributed by atoms with van der Waals surface area (Å²) < 4.78 is 5.81. The van der Waals surface area contributed by atoms with Crippen molar-refractivity contribution < 1.29 is 14.3 Å². The monoisotopic (exact) mass is 510 g/mol. The SMILES string of the molecule is CN(C(=O)c1ccc2c(c1)C(NC(=O)c1sccc1Cl)CCO2)C1CCN(c2ccncc2)CC1. The maximum Gasteiger partial charge on any atom is 0.263 e. The van der Waals surface area contributed by atoms with Crippen LogP contribution in [0.5, 0.6) is 5.75 Å². The number of nitrogens with zero attached hydrogens (tertiary/aromatic N) is 3. The van der Waals surface area contributed by atoms with Crippen LogP contribution in [0.3, 0.4) is 0 Å². The molecule has 9 heteroatoms. The van der Waals surface area contributed by atoms with Gasteiger partial charge in [-0.2, -0.15) is 0 Å². The number of halogens is 1. The van der Waals surface area contributed by atoms with Crippen molar-refractivity contribution in [3.8, 4) is 5.75 Å². The van der Waals surface area contributed by atoms with Gasteiger partial charge in [-0.15, -0.1) is 11.3 Å². The number of ether oxygens (including phenoxy) is 1. The molecule has 0 saturated carbocycles. The Morgan fingerprint density at radius 2 is 1.91 bits per heavy atom. The van der Waals surface area contributed by atoms with E-state index >= 15 is 0 Å². The predicted molar refractivity (Wildman–Crippen MR) is 138 cm³/mol. The van der Waals surface area contributed by atoms with Gasteiger partial charge in [0.25, 0.3) is 11.8 Å². The van der Waals surface area contributed by atoms with Crippen molar-refractivity contribution in [2.24, 2.45) is 0 Å². The molecule has 1 N–H and O–H groups in total. The highest BCUT2D eigenvalue weighted by Gasteiger charge is 2.29. The molecule has 5 rings (SSSR count). The second kappa shape index (κ2) is 10.3. The number of hydrogen-bond donors (Lipinski definition) is 1. The molecular weight excluding hydrogens is 484 g/mol. The largest absolute Gasteiger partial charge is 0.493 e. The maximum atomic E-state index is 13.4. The fourth-order valence-electron chi connectivity index (χ4n) is 4.79. The zero-order valence-corrected chi connectivity index (χ0v) is 21.0. The first kappa shape index (κ1) is 23.6. The van der Waals surface area contributed by atoms with Crippen LogP contribution in [0.25, 0.3) is 0 Å². The minimum absolute atomic E-state index is 0.0212. The van der Waals surface area contributed by atoms with E-state index in [-0.39, 0.29) is 23.9 Å². The molecule has 2 aromatic heterocycles. The Balaban J connectivity index is 1.27. The van der Waals surface area contributed by atoms with Crippen LogP contribution in [0.15, 0.2) is 54.2 Å². The van der Waals surface area contributed by atoms with Crippen molar-refractivity contribution in [1.29, 1.82) is 0 Å². The number of carbonyl (C=O) groups excluding carboxylic acids is 2. The van der Waals surface area contributed by atoms with Gasteiger partial charge in [0.05, 0.1) is 17.7 Å². The average molecular weight is 511 g/mol. The zero-order chi connectivity index (χ0) is 24.4. The van der Waals surface area contributed by atoms with Gasteiger partial charge in [-0.25, -0.2) is 0 Å². The van der Waals surface area contributed by atoms with E-state index in [0.29, 0.717) is 34.2 Å². The third-order valence-corrected chi connectivity index (χ3v) is 8.13. The summed E-state index contributed by atoms with van der Waals surface area (Å²) in [7, 11) is 1.88. The number of nitrogens with one attached hydrogen (secondary N) is 1. The van der Waals surface area contributed by atoms with Gasteiger partial charge in [-0.3, -0.25) is 14.6 Å². The highest BCUT2D eigenvalue weighted by Crippen LogP contribution is 2.34. The first-order valence-corrected chi connectivity index (χ1v) is 13.0. The highest BCUT2D eigenvalue weighted by molar-refractivity contribution is 7.12. The fourth-order valence-corrected chi connectivity index (χ4v) is 5.84. The van der Waals surface area contributed by atoms with Crippen molar-refractivity contribution in [2.75, 3.05) is 31.6 Å². The number of pyridine rings is 1. The van der Waals surface area contributed by atoms with Gasteiger partial charge < -0.3 is 19.9 Å². The normalized spacial score (nSPS) is 17.9. The lowest BCUT2D eigenvalue weighted by atomic mass is 9.96. The van der Waals surface area contributed by atoms with Crippen molar-refractivity contribution in [3.63, 3.8) is 0 Å². The van der Waals surface area contributed by atoms with Gasteiger partial charge in [0.2, 0.25) is 0 Å². The summed E-state index contributed by atoms with van der Waals surface area (Å²) in [5, 5.41) is 5.31.